The molecule has 2 saturated carbocycles. The van der Waals surface area contributed by atoms with Crippen LogP contribution in [-0.4, -0.2) is 41.2 Å². The van der Waals surface area contributed by atoms with Gasteiger partial charge in [0.05, 0.1) is 17.6 Å². The first-order valence-electron chi connectivity index (χ1n) is 9.75. The van der Waals surface area contributed by atoms with E-state index in [9.17, 15) is 23.1 Å². The fourth-order valence-corrected chi connectivity index (χ4v) is 4.18. The third kappa shape index (κ3) is 4.61. The largest absolute Gasteiger partial charge is 0.462 e. The van der Waals surface area contributed by atoms with Crippen LogP contribution in [0.3, 0.4) is 0 Å². The van der Waals surface area contributed by atoms with E-state index in [0.717, 1.165) is 26.2 Å². The van der Waals surface area contributed by atoms with Gasteiger partial charge in [0.1, 0.15) is 6.10 Å². The number of aliphatic hydroxyl groups is 1. The van der Waals surface area contributed by atoms with Gasteiger partial charge >= 0.3 is 12.1 Å². The molecule has 4 nitrogen and oxygen atoms in total. The molecule has 0 aromatic carbocycles. The second kappa shape index (κ2) is 7.21. The van der Waals surface area contributed by atoms with Crippen LogP contribution in [0.15, 0.2) is 0 Å². The fraction of sp³-hybridized carbons (Fsp3) is 0.950. The molecule has 2 aliphatic carbocycles. The van der Waals surface area contributed by atoms with Crippen LogP contribution in [0.25, 0.3) is 0 Å². The monoisotopic (exact) mass is 394 g/mol. The van der Waals surface area contributed by atoms with Gasteiger partial charge in [-0.05, 0) is 78.1 Å². The Labute approximate surface area is 159 Å². The van der Waals surface area contributed by atoms with Crippen LogP contribution in [0.4, 0.5) is 13.2 Å². The highest BCUT2D eigenvalue weighted by Gasteiger charge is 2.55. The van der Waals surface area contributed by atoms with Gasteiger partial charge in [-0.15, -0.1) is 0 Å². The summed E-state index contributed by atoms with van der Waals surface area (Å²) in [5.41, 5.74) is -4.16. The number of ether oxygens (including phenoxy) is 2. The molecule has 0 saturated heterocycles. The van der Waals surface area contributed by atoms with Crippen molar-refractivity contribution in [2.75, 3.05) is 6.61 Å². The lowest BCUT2D eigenvalue weighted by molar-refractivity contribution is -0.278. The molecule has 7 heteroatoms. The Bertz CT molecular complexity index is 554. The highest BCUT2D eigenvalue weighted by molar-refractivity contribution is 5.76. The first kappa shape index (κ1) is 22.5. The zero-order valence-corrected chi connectivity index (χ0v) is 17.2. The Morgan fingerprint density at radius 2 is 1.63 bits per heavy atom. The SMILES string of the molecule is CCC(C)(C)C(=O)OC1CC2CC1CC2C(C)(C)OCC(C)(O)C(F)(F)F. The van der Waals surface area contributed by atoms with E-state index in [1.54, 1.807) is 13.8 Å². The predicted octanol–water partition coefficient (Wildman–Crippen LogP) is 4.49. The maximum Gasteiger partial charge on any atom is 0.419 e. The predicted molar refractivity (Wildman–Crippen MR) is 95.0 cm³/mol. The molecule has 158 valence electrons. The molecule has 1 N–H and O–H groups in total. The molecule has 2 aliphatic rings. The van der Waals surface area contributed by atoms with E-state index in [1.807, 2.05) is 20.8 Å². The van der Waals surface area contributed by atoms with Gasteiger partial charge in [-0.2, -0.15) is 13.2 Å². The van der Waals surface area contributed by atoms with Crippen LogP contribution in [0, 0.1) is 23.2 Å². The maximum absolute atomic E-state index is 12.9. The van der Waals surface area contributed by atoms with Crippen LogP contribution in [0.2, 0.25) is 0 Å². The van der Waals surface area contributed by atoms with Crippen molar-refractivity contribution in [3.8, 4) is 0 Å². The van der Waals surface area contributed by atoms with E-state index in [-0.39, 0.29) is 29.8 Å². The van der Waals surface area contributed by atoms with Crippen molar-refractivity contribution in [1.29, 1.82) is 0 Å². The Morgan fingerprint density at radius 1 is 1.04 bits per heavy atom. The zero-order valence-electron chi connectivity index (χ0n) is 17.2. The number of carbonyl (C=O) groups is 1. The summed E-state index contributed by atoms with van der Waals surface area (Å²) < 4.78 is 49.9. The van der Waals surface area contributed by atoms with Crippen LogP contribution >= 0.6 is 0 Å². The van der Waals surface area contributed by atoms with Gasteiger partial charge in [-0.25, -0.2) is 0 Å². The number of fused-ring (bicyclic) bond motifs is 2. The summed E-state index contributed by atoms with van der Waals surface area (Å²) in [6.45, 7) is 9.20. The highest BCUT2D eigenvalue weighted by atomic mass is 19.4. The van der Waals surface area contributed by atoms with E-state index < -0.39 is 29.4 Å². The number of hydrogen-bond acceptors (Lipinski definition) is 4. The number of alkyl halides is 3. The third-order valence-corrected chi connectivity index (χ3v) is 6.72. The van der Waals surface area contributed by atoms with Crippen LogP contribution < -0.4 is 0 Å². The minimum atomic E-state index is -4.73. The van der Waals surface area contributed by atoms with Crippen molar-refractivity contribution in [3.63, 3.8) is 0 Å². The summed E-state index contributed by atoms with van der Waals surface area (Å²) in [4.78, 5) is 12.3. The van der Waals surface area contributed by atoms with Crippen LogP contribution in [0.1, 0.15) is 67.2 Å². The van der Waals surface area contributed by atoms with Gasteiger partial charge in [0.15, 0.2) is 5.60 Å². The summed E-state index contributed by atoms with van der Waals surface area (Å²) in [5, 5.41) is 9.62. The first-order valence-corrected chi connectivity index (χ1v) is 9.75. The van der Waals surface area contributed by atoms with Crippen molar-refractivity contribution in [3.05, 3.63) is 0 Å². The number of esters is 1. The minimum Gasteiger partial charge on any atom is -0.462 e. The van der Waals surface area contributed by atoms with Gasteiger partial charge < -0.3 is 14.6 Å². The van der Waals surface area contributed by atoms with Gasteiger partial charge in [-0.3, -0.25) is 4.79 Å². The first-order chi connectivity index (χ1) is 12.1. The molecular weight excluding hydrogens is 361 g/mol. The summed E-state index contributed by atoms with van der Waals surface area (Å²) in [6.07, 6.45) is -1.76. The fourth-order valence-electron chi connectivity index (χ4n) is 4.18. The van der Waals surface area contributed by atoms with Crippen LogP contribution in [0.5, 0.6) is 0 Å². The van der Waals surface area contributed by atoms with E-state index in [4.69, 9.17) is 9.47 Å². The smallest absolute Gasteiger partial charge is 0.419 e. The molecule has 0 aromatic rings. The topological polar surface area (TPSA) is 55.8 Å². The molecule has 0 aliphatic heterocycles. The Morgan fingerprint density at radius 3 is 2.07 bits per heavy atom. The number of hydrogen-bond donors (Lipinski definition) is 1. The molecule has 0 amide bonds. The molecule has 5 unspecified atom stereocenters. The second-order valence-electron chi connectivity index (χ2n) is 9.68. The molecule has 0 aromatic heterocycles. The summed E-state index contributed by atoms with van der Waals surface area (Å²) in [7, 11) is 0. The average Bonchev–Trinajstić information content (AvgIpc) is 3.12. The molecule has 2 rings (SSSR count). The molecule has 0 radical (unpaired) electrons. The maximum atomic E-state index is 12.9. The van der Waals surface area contributed by atoms with E-state index in [1.165, 1.54) is 0 Å². The lowest BCUT2D eigenvalue weighted by Gasteiger charge is -2.41. The lowest BCUT2D eigenvalue weighted by atomic mass is 9.77. The average molecular weight is 394 g/mol. The van der Waals surface area contributed by atoms with Crippen molar-refractivity contribution in [2.24, 2.45) is 23.2 Å². The summed E-state index contributed by atoms with van der Waals surface area (Å²) in [5.74, 6) is 0.377. The Hall–Kier alpha value is -0.820. The van der Waals surface area contributed by atoms with Gasteiger partial charge in [0, 0.05) is 0 Å². The molecule has 5 atom stereocenters. The summed E-state index contributed by atoms with van der Waals surface area (Å²) in [6, 6.07) is 0. The standard InChI is InChI=1S/C20H33F3O4/c1-7-17(2,3)16(24)27-15-10-12-8-13(15)9-14(12)18(4,5)26-11-19(6,25)20(21,22)23/h12-15,25H,7-11H2,1-6H3. The van der Waals surface area contributed by atoms with Crippen molar-refractivity contribution in [1.82, 2.24) is 0 Å². The van der Waals surface area contributed by atoms with Crippen LogP contribution in [-0.2, 0) is 14.3 Å². The van der Waals surface area contributed by atoms with Crippen molar-refractivity contribution < 1.29 is 32.5 Å². The second-order valence-corrected chi connectivity index (χ2v) is 9.68. The van der Waals surface area contributed by atoms with Crippen molar-refractivity contribution in [2.45, 2.75) is 90.7 Å². The Balaban J connectivity index is 1.94. The molecule has 2 bridgehead atoms. The third-order valence-electron chi connectivity index (χ3n) is 6.72. The quantitative estimate of drug-likeness (QED) is 0.647. The molecule has 0 heterocycles. The van der Waals surface area contributed by atoms with E-state index in [2.05, 4.69) is 0 Å². The Kier molecular flexibility index (Phi) is 6.00. The molecule has 27 heavy (non-hydrogen) atoms. The van der Waals surface area contributed by atoms with Gasteiger partial charge in [0.2, 0.25) is 0 Å². The minimum absolute atomic E-state index is 0.0840. The van der Waals surface area contributed by atoms with Crippen molar-refractivity contribution >= 4 is 5.97 Å². The lowest BCUT2D eigenvalue weighted by Crippen LogP contribution is -2.50. The van der Waals surface area contributed by atoms with E-state index in [0.29, 0.717) is 6.42 Å². The molecule has 0 spiro atoms. The van der Waals surface area contributed by atoms with Gasteiger partial charge in [-0.1, -0.05) is 6.92 Å². The molecular formula is C20H33F3O4. The molecule has 2 fully saturated rings. The normalized spacial score (nSPS) is 31.0. The van der Waals surface area contributed by atoms with Gasteiger partial charge in [0.25, 0.3) is 0 Å². The zero-order chi connectivity index (χ0) is 20.8. The number of rotatable bonds is 7. The summed E-state index contributed by atoms with van der Waals surface area (Å²) >= 11 is 0. The number of halogens is 3. The number of carbonyl (C=O) groups excluding carboxylic acids is 1. The highest BCUT2D eigenvalue weighted by Crippen LogP contribution is 2.54. The van der Waals surface area contributed by atoms with E-state index >= 15 is 0 Å².